The van der Waals surface area contributed by atoms with Crippen molar-refractivity contribution in [3.8, 4) is 11.5 Å². The lowest BCUT2D eigenvalue weighted by Gasteiger charge is -2.30. The molecule has 0 radical (unpaired) electrons. The predicted molar refractivity (Wildman–Crippen MR) is 252 cm³/mol. The van der Waals surface area contributed by atoms with Gasteiger partial charge in [-0.3, -0.25) is 0 Å². The van der Waals surface area contributed by atoms with Crippen molar-refractivity contribution in [1.29, 1.82) is 0 Å². The fourth-order valence-electron chi connectivity index (χ4n) is 8.74. The topological polar surface area (TPSA) is 18.5 Å². The monoisotopic (exact) mass is 826 g/mol. The van der Waals surface area contributed by atoms with Gasteiger partial charge < -0.3 is 26.4 Å². The average molecular weight is 827 g/mol. The van der Waals surface area contributed by atoms with E-state index < -0.39 is 0 Å². The van der Waals surface area contributed by atoms with Crippen molar-refractivity contribution < 1.29 is 26.4 Å². The van der Waals surface area contributed by atoms with Gasteiger partial charge in [0, 0.05) is 0 Å². The van der Waals surface area contributed by atoms with Crippen LogP contribution >= 0.6 is 0 Å². The van der Waals surface area contributed by atoms with Crippen LogP contribution in [0.15, 0.2) is 48.5 Å². The van der Waals surface area contributed by atoms with Gasteiger partial charge in [-0.05, 0) is 86.8 Å². The van der Waals surface area contributed by atoms with Crippen molar-refractivity contribution >= 4 is 0 Å². The summed E-state index contributed by atoms with van der Waals surface area (Å²) in [5, 5.41) is 0. The van der Waals surface area contributed by atoms with E-state index in [-0.39, 0.29) is 12.4 Å². The first-order valence-electron chi connectivity index (χ1n) is 25.1. The second-order valence-electron chi connectivity index (χ2n) is 18.6. The number of methoxy groups -OCH3 is 2. The number of aryl methyl sites for hydroxylation is 2. The number of halogens is 1. The Morgan fingerprint density at radius 3 is 0.690 bits per heavy atom. The van der Waals surface area contributed by atoms with E-state index in [1.54, 1.807) is 14.2 Å². The smallest absolute Gasteiger partial charge is 0.118 e. The van der Waals surface area contributed by atoms with Gasteiger partial charge in [0.05, 0.1) is 41.4 Å². The average Bonchev–Trinajstić information content (AvgIpc) is 3.22. The second kappa shape index (κ2) is 39.4. The highest BCUT2D eigenvalue weighted by molar-refractivity contribution is 5.27. The molecule has 0 saturated carbocycles. The summed E-state index contributed by atoms with van der Waals surface area (Å²) in [4.78, 5) is 0. The molecule has 0 spiro atoms. The highest BCUT2D eigenvalue weighted by Gasteiger charge is 2.13. The van der Waals surface area contributed by atoms with Gasteiger partial charge in [0.15, 0.2) is 0 Å². The highest BCUT2D eigenvalue weighted by atomic mass is 35.5. The molecule has 0 aliphatic rings. The fraction of sp³-hybridized carbons (Fsp3) is 0.778. The number of unbranched alkanes of at least 4 members (excludes halogenated alkanes) is 32. The van der Waals surface area contributed by atoms with E-state index in [1.807, 2.05) is 0 Å². The third-order valence-electron chi connectivity index (χ3n) is 12.8. The van der Waals surface area contributed by atoms with E-state index in [4.69, 9.17) is 9.47 Å². The van der Waals surface area contributed by atoms with Gasteiger partial charge in [-0.25, -0.2) is 0 Å². The number of hydrogen-bond donors (Lipinski definition) is 0. The Bertz CT molecular complexity index is 1030. The minimum atomic E-state index is 0. The molecule has 0 saturated heterocycles. The molecule has 4 heteroatoms. The maximum atomic E-state index is 5.25. The first-order chi connectivity index (χ1) is 28.0. The lowest BCUT2D eigenvalue weighted by Crippen LogP contribution is -3.00. The van der Waals surface area contributed by atoms with Crippen molar-refractivity contribution in [1.82, 2.24) is 0 Å². The van der Waals surface area contributed by atoms with Crippen molar-refractivity contribution in [3.05, 3.63) is 59.7 Å². The molecule has 0 fully saturated rings. The number of nitrogens with zero attached hydrogens (tertiary/aromatic N) is 1. The Hall–Kier alpha value is -1.71. The van der Waals surface area contributed by atoms with Crippen LogP contribution in [0.2, 0.25) is 0 Å². The molecule has 336 valence electrons. The van der Waals surface area contributed by atoms with Gasteiger partial charge in [-0.1, -0.05) is 204 Å². The second-order valence-corrected chi connectivity index (χ2v) is 18.6. The summed E-state index contributed by atoms with van der Waals surface area (Å²) < 4.78 is 11.7. The molecular formula is C54H96ClNO2. The van der Waals surface area contributed by atoms with Gasteiger partial charge in [0.25, 0.3) is 0 Å². The van der Waals surface area contributed by atoms with Crippen LogP contribution in [0.3, 0.4) is 0 Å². The van der Waals surface area contributed by atoms with E-state index in [9.17, 15) is 0 Å². The van der Waals surface area contributed by atoms with Crippen LogP contribution < -0.4 is 21.9 Å². The SMILES string of the molecule is COc1ccc(CCCCCCCCCCCCCCCCCCC[N+](C)(C)CCCCCCCCCCCCCCCCCCCc2ccc(OC)cc2)cc1.[Cl-]. The largest absolute Gasteiger partial charge is 1.00 e. The summed E-state index contributed by atoms with van der Waals surface area (Å²) in [6, 6.07) is 17.2. The third kappa shape index (κ3) is 33.1. The first kappa shape index (κ1) is 54.3. The maximum absolute atomic E-state index is 5.25. The number of ether oxygens (including phenoxy) is 2. The summed E-state index contributed by atoms with van der Waals surface area (Å²) in [5.74, 6) is 1.92. The summed E-state index contributed by atoms with van der Waals surface area (Å²) in [5.41, 5.74) is 2.89. The minimum absolute atomic E-state index is 0. The zero-order chi connectivity index (χ0) is 40.8. The van der Waals surface area contributed by atoms with Gasteiger partial charge in [0.2, 0.25) is 0 Å². The zero-order valence-electron chi connectivity index (χ0n) is 39.1. The quantitative estimate of drug-likeness (QED) is 0.0490. The summed E-state index contributed by atoms with van der Waals surface area (Å²) in [7, 11) is 8.42. The van der Waals surface area contributed by atoms with E-state index >= 15 is 0 Å². The number of benzene rings is 2. The maximum Gasteiger partial charge on any atom is 0.118 e. The predicted octanol–water partition coefficient (Wildman–Crippen LogP) is 13.8. The molecule has 0 amide bonds. The van der Waals surface area contributed by atoms with E-state index in [0.29, 0.717) is 0 Å². The molecule has 0 atom stereocenters. The fourth-order valence-corrected chi connectivity index (χ4v) is 8.74. The Morgan fingerprint density at radius 1 is 0.293 bits per heavy atom. The van der Waals surface area contributed by atoms with E-state index in [0.717, 1.165) is 11.5 Å². The van der Waals surface area contributed by atoms with Crippen LogP contribution in [0.5, 0.6) is 11.5 Å². The summed E-state index contributed by atoms with van der Waals surface area (Å²) >= 11 is 0. The molecule has 2 aromatic carbocycles. The normalized spacial score (nSPS) is 11.5. The van der Waals surface area contributed by atoms with Crippen LogP contribution in [-0.2, 0) is 12.8 Å². The van der Waals surface area contributed by atoms with Crippen LogP contribution in [-0.4, -0.2) is 45.9 Å². The molecule has 2 aromatic rings. The number of hydrogen-bond acceptors (Lipinski definition) is 2. The molecule has 2 rings (SSSR count). The minimum Gasteiger partial charge on any atom is -1.00 e. The van der Waals surface area contributed by atoms with Gasteiger partial charge in [0.1, 0.15) is 11.5 Å². The van der Waals surface area contributed by atoms with Gasteiger partial charge >= 0.3 is 0 Å². The van der Waals surface area contributed by atoms with Crippen LogP contribution in [0.1, 0.15) is 229 Å². The molecule has 0 aliphatic heterocycles. The third-order valence-corrected chi connectivity index (χ3v) is 12.8. The highest BCUT2D eigenvalue weighted by Crippen LogP contribution is 2.19. The Kier molecular flexibility index (Phi) is 36.9. The molecule has 0 bridgehead atoms. The Morgan fingerprint density at radius 2 is 0.483 bits per heavy atom. The number of quaternary nitrogens is 1. The molecule has 0 unspecified atom stereocenters. The van der Waals surface area contributed by atoms with E-state index in [1.165, 1.54) is 260 Å². The van der Waals surface area contributed by atoms with Crippen LogP contribution in [0.25, 0.3) is 0 Å². The summed E-state index contributed by atoms with van der Waals surface area (Å²) in [6.07, 6.45) is 51.3. The lowest BCUT2D eigenvalue weighted by atomic mass is 10.0. The Balaban J connectivity index is 0.0000168. The van der Waals surface area contributed by atoms with Crippen LogP contribution in [0.4, 0.5) is 0 Å². The van der Waals surface area contributed by atoms with Crippen molar-refractivity contribution in [2.75, 3.05) is 41.4 Å². The first-order valence-corrected chi connectivity index (χ1v) is 25.1. The summed E-state index contributed by atoms with van der Waals surface area (Å²) in [6.45, 7) is 2.74. The lowest BCUT2D eigenvalue weighted by molar-refractivity contribution is -0.890. The van der Waals surface area contributed by atoms with Gasteiger partial charge in [-0.2, -0.15) is 0 Å². The van der Waals surface area contributed by atoms with Gasteiger partial charge in [-0.15, -0.1) is 0 Å². The molecule has 0 N–H and O–H groups in total. The number of rotatable bonds is 42. The standard InChI is InChI=1S/C54H96NO2.ClH/c1-55(2,49-37-33-29-25-21-17-13-9-5-7-11-15-19-23-27-31-35-39-51-41-45-53(56-3)46-42-51)50-38-34-30-26-22-18-14-10-6-8-12-16-20-24-28-32-36-40-52-43-47-54(57-4)48-44-52;/h41-48H,5-40,49-50H2,1-4H3;1H/q+1;/p-1. The molecule has 0 aliphatic carbocycles. The molecule has 3 nitrogen and oxygen atoms in total. The van der Waals surface area contributed by atoms with Crippen molar-refractivity contribution in [3.63, 3.8) is 0 Å². The molecule has 0 heterocycles. The Labute approximate surface area is 368 Å². The van der Waals surface area contributed by atoms with Crippen molar-refractivity contribution in [2.45, 2.75) is 231 Å². The molecule has 58 heavy (non-hydrogen) atoms. The molecular weight excluding hydrogens is 730 g/mol. The molecule has 0 aromatic heterocycles. The zero-order valence-corrected chi connectivity index (χ0v) is 39.9. The van der Waals surface area contributed by atoms with E-state index in [2.05, 4.69) is 62.6 Å². The van der Waals surface area contributed by atoms with Crippen molar-refractivity contribution in [2.24, 2.45) is 0 Å². The van der Waals surface area contributed by atoms with Crippen LogP contribution in [0, 0.1) is 0 Å².